The molecule has 0 heterocycles. The van der Waals surface area contributed by atoms with Crippen molar-refractivity contribution in [2.45, 2.75) is 12.3 Å². The van der Waals surface area contributed by atoms with Crippen LogP contribution in [0.15, 0.2) is 46.9 Å². The third-order valence-electron chi connectivity index (χ3n) is 3.35. The lowest BCUT2D eigenvalue weighted by molar-refractivity contribution is 0.414. The summed E-state index contributed by atoms with van der Waals surface area (Å²) in [6.45, 7) is 0.393. The summed E-state index contributed by atoms with van der Waals surface area (Å²) >= 11 is 3.52. The molecule has 1 atom stereocenters. The van der Waals surface area contributed by atoms with Gasteiger partial charge in [-0.3, -0.25) is 0 Å². The van der Waals surface area contributed by atoms with E-state index in [9.17, 15) is 4.39 Å². The van der Waals surface area contributed by atoms with Crippen LogP contribution >= 0.6 is 15.9 Å². The molecule has 2 rings (SSSR count). The van der Waals surface area contributed by atoms with E-state index in [4.69, 9.17) is 10.5 Å². The van der Waals surface area contributed by atoms with Gasteiger partial charge in [0.05, 0.1) is 7.11 Å². The molecule has 0 spiro atoms. The Kier molecular flexibility index (Phi) is 5.15. The van der Waals surface area contributed by atoms with Gasteiger partial charge in [0.25, 0.3) is 0 Å². The molecule has 0 fully saturated rings. The summed E-state index contributed by atoms with van der Waals surface area (Å²) in [6.07, 6.45) is 0.662. The van der Waals surface area contributed by atoms with Crippen molar-refractivity contribution in [3.8, 4) is 5.75 Å². The molecule has 2 aromatic rings. The Morgan fingerprint density at radius 1 is 1.25 bits per heavy atom. The van der Waals surface area contributed by atoms with Crippen molar-refractivity contribution in [2.75, 3.05) is 13.7 Å². The van der Waals surface area contributed by atoms with Crippen LogP contribution in [0.2, 0.25) is 0 Å². The average Bonchev–Trinajstić information content (AvgIpc) is 2.47. The minimum absolute atomic E-state index is 0.0559. The van der Waals surface area contributed by atoms with Crippen molar-refractivity contribution in [1.82, 2.24) is 0 Å². The zero-order valence-corrected chi connectivity index (χ0v) is 12.9. The van der Waals surface area contributed by atoms with Gasteiger partial charge in [-0.2, -0.15) is 0 Å². The van der Waals surface area contributed by atoms with Gasteiger partial charge in [-0.1, -0.05) is 34.1 Å². The molecule has 2 N–H and O–H groups in total. The van der Waals surface area contributed by atoms with E-state index < -0.39 is 0 Å². The second-order valence-electron chi connectivity index (χ2n) is 4.62. The van der Waals surface area contributed by atoms with E-state index in [0.717, 1.165) is 15.8 Å². The average molecular weight is 338 g/mol. The Labute approximate surface area is 126 Å². The maximum absolute atomic E-state index is 13.9. The van der Waals surface area contributed by atoms with Crippen molar-refractivity contribution in [3.63, 3.8) is 0 Å². The lowest BCUT2D eigenvalue weighted by Gasteiger charge is -2.17. The van der Waals surface area contributed by atoms with Gasteiger partial charge in [0.1, 0.15) is 11.6 Å². The molecule has 2 nitrogen and oxygen atoms in total. The second-order valence-corrected chi connectivity index (χ2v) is 5.47. The summed E-state index contributed by atoms with van der Waals surface area (Å²) in [5.41, 5.74) is 7.54. The highest BCUT2D eigenvalue weighted by Gasteiger charge is 2.16. The number of halogens is 2. The molecule has 0 aliphatic carbocycles. The van der Waals surface area contributed by atoms with Crippen molar-refractivity contribution in [2.24, 2.45) is 5.73 Å². The number of hydrogen-bond donors (Lipinski definition) is 1. The lowest BCUT2D eigenvalue weighted by atomic mass is 9.91. The third-order valence-corrected chi connectivity index (χ3v) is 4.12. The molecule has 0 aromatic heterocycles. The monoisotopic (exact) mass is 337 g/mol. The van der Waals surface area contributed by atoms with Gasteiger partial charge < -0.3 is 10.5 Å². The Balaban J connectivity index is 2.29. The van der Waals surface area contributed by atoms with Crippen LogP contribution in [0.3, 0.4) is 0 Å². The highest BCUT2D eigenvalue weighted by Crippen LogP contribution is 2.29. The van der Waals surface area contributed by atoms with Crippen molar-refractivity contribution < 1.29 is 9.13 Å². The molecule has 106 valence electrons. The fourth-order valence-corrected chi connectivity index (χ4v) is 2.63. The fourth-order valence-electron chi connectivity index (χ4n) is 2.23. The second kappa shape index (κ2) is 6.86. The summed E-state index contributed by atoms with van der Waals surface area (Å²) in [4.78, 5) is 0. The summed E-state index contributed by atoms with van der Waals surface area (Å²) in [7, 11) is 1.63. The molecule has 0 aliphatic rings. The topological polar surface area (TPSA) is 35.2 Å². The predicted molar refractivity (Wildman–Crippen MR) is 82.6 cm³/mol. The van der Waals surface area contributed by atoms with Crippen LogP contribution in [-0.2, 0) is 6.42 Å². The molecule has 0 radical (unpaired) electrons. The standard InChI is InChI=1S/C16H17BrFNO/c1-20-13-6-7-15(17)11(9-13)8-12(10-19)14-4-2-3-5-16(14)18/h2-7,9,12H,8,10,19H2,1H3. The first-order valence-electron chi connectivity index (χ1n) is 6.42. The Hall–Kier alpha value is -1.39. The molecule has 20 heavy (non-hydrogen) atoms. The number of ether oxygens (including phenoxy) is 1. The van der Waals surface area contributed by atoms with E-state index in [-0.39, 0.29) is 11.7 Å². The molecule has 1 unspecified atom stereocenters. The number of methoxy groups -OCH3 is 1. The van der Waals surface area contributed by atoms with Gasteiger partial charge in [-0.15, -0.1) is 0 Å². The minimum atomic E-state index is -0.207. The highest BCUT2D eigenvalue weighted by atomic mass is 79.9. The van der Waals surface area contributed by atoms with Gasteiger partial charge in [-0.25, -0.2) is 4.39 Å². The fraction of sp³-hybridized carbons (Fsp3) is 0.250. The Morgan fingerprint density at radius 3 is 2.65 bits per heavy atom. The zero-order valence-electron chi connectivity index (χ0n) is 11.3. The normalized spacial score (nSPS) is 12.2. The first-order valence-corrected chi connectivity index (χ1v) is 7.22. The summed E-state index contributed by atoms with van der Waals surface area (Å²) < 4.78 is 20.1. The van der Waals surface area contributed by atoms with E-state index in [0.29, 0.717) is 18.5 Å². The molecule has 0 amide bonds. The molecule has 0 saturated heterocycles. The lowest BCUT2D eigenvalue weighted by Crippen LogP contribution is -2.16. The number of nitrogens with two attached hydrogens (primary N) is 1. The van der Waals surface area contributed by atoms with Crippen molar-refractivity contribution in [1.29, 1.82) is 0 Å². The van der Waals surface area contributed by atoms with Crippen molar-refractivity contribution >= 4 is 15.9 Å². The van der Waals surface area contributed by atoms with Gasteiger partial charge >= 0.3 is 0 Å². The Morgan fingerprint density at radius 2 is 2.00 bits per heavy atom. The van der Waals surface area contributed by atoms with Crippen LogP contribution in [0, 0.1) is 5.82 Å². The maximum Gasteiger partial charge on any atom is 0.126 e. The van der Waals surface area contributed by atoms with Crippen LogP contribution in [0.5, 0.6) is 5.75 Å². The van der Waals surface area contributed by atoms with Crippen LogP contribution in [-0.4, -0.2) is 13.7 Å². The summed E-state index contributed by atoms with van der Waals surface area (Å²) in [5.74, 6) is 0.522. The quantitative estimate of drug-likeness (QED) is 0.898. The Bertz CT molecular complexity index is 588. The molecular formula is C16H17BrFNO. The number of rotatable bonds is 5. The first kappa shape index (κ1) is 15.0. The van der Waals surface area contributed by atoms with Crippen LogP contribution in [0.25, 0.3) is 0 Å². The molecule has 0 bridgehead atoms. The first-order chi connectivity index (χ1) is 9.65. The van der Waals surface area contributed by atoms with Gasteiger partial charge in [0.2, 0.25) is 0 Å². The minimum Gasteiger partial charge on any atom is -0.497 e. The predicted octanol–water partition coefficient (Wildman–Crippen LogP) is 3.88. The molecule has 2 aromatic carbocycles. The summed E-state index contributed by atoms with van der Waals surface area (Å²) in [5, 5.41) is 0. The van der Waals surface area contributed by atoms with Crippen molar-refractivity contribution in [3.05, 3.63) is 63.9 Å². The van der Waals surface area contributed by atoms with Gasteiger partial charge in [0, 0.05) is 10.4 Å². The van der Waals surface area contributed by atoms with E-state index >= 15 is 0 Å². The highest BCUT2D eigenvalue weighted by molar-refractivity contribution is 9.10. The van der Waals surface area contributed by atoms with E-state index in [2.05, 4.69) is 15.9 Å². The van der Waals surface area contributed by atoms with Gasteiger partial charge in [0.15, 0.2) is 0 Å². The number of hydrogen-bond acceptors (Lipinski definition) is 2. The third kappa shape index (κ3) is 3.38. The van der Waals surface area contributed by atoms with E-state index in [1.807, 2.05) is 24.3 Å². The molecule has 4 heteroatoms. The van der Waals surface area contributed by atoms with E-state index in [1.54, 1.807) is 19.2 Å². The zero-order chi connectivity index (χ0) is 14.5. The summed E-state index contributed by atoms with van der Waals surface area (Å²) in [6, 6.07) is 12.6. The number of benzene rings is 2. The molecule has 0 aliphatic heterocycles. The smallest absolute Gasteiger partial charge is 0.126 e. The van der Waals surface area contributed by atoms with Crippen LogP contribution < -0.4 is 10.5 Å². The van der Waals surface area contributed by atoms with Gasteiger partial charge in [-0.05, 0) is 48.4 Å². The van der Waals surface area contributed by atoms with E-state index in [1.165, 1.54) is 6.07 Å². The van der Waals surface area contributed by atoms with Crippen LogP contribution in [0.1, 0.15) is 17.0 Å². The van der Waals surface area contributed by atoms with Crippen LogP contribution in [0.4, 0.5) is 4.39 Å². The molecule has 0 saturated carbocycles. The largest absolute Gasteiger partial charge is 0.497 e. The maximum atomic E-state index is 13.9. The SMILES string of the molecule is COc1ccc(Br)c(CC(CN)c2ccccc2F)c1. The molecular weight excluding hydrogens is 321 g/mol.